The lowest BCUT2D eigenvalue weighted by molar-refractivity contribution is 0.0950. The van der Waals surface area contributed by atoms with Gasteiger partial charge in [0.05, 0.1) is 7.11 Å². The van der Waals surface area contributed by atoms with Crippen molar-refractivity contribution in [1.29, 1.82) is 0 Å². The Hall–Kier alpha value is -2.27. The molecule has 2 aromatic carbocycles. The molecule has 0 aromatic heterocycles. The van der Waals surface area contributed by atoms with E-state index in [2.05, 4.69) is 5.32 Å². The molecule has 0 aliphatic rings. The number of ether oxygens (including phenoxy) is 1. The number of anilines is 1. The Labute approximate surface area is 126 Å². The van der Waals surface area contributed by atoms with Gasteiger partial charge in [-0.3, -0.25) is 4.79 Å². The minimum Gasteiger partial charge on any atom is -0.496 e. The summed E-state index contributed by atoms with van der Waals surface area (Å²) in [5.41, 5.74) is 6.51. The molecule has 110 valence electrons. The average molecular weight is 309 g/mol. The second-order valence-corrected chi connectivity index (χ2v) is 4.78. The van der Waals surface area contributed by atoms with Crippen LogP contribution in [-0.2, 0) is 6.54 Å². The normalized spacial score (nSPS) is 10.2. The number of nitrogens with two attached hydrogens (primary N) is 1. The van der Waals surface area contributed by atoms with Crippen LogP contribution >= 0.6 is 11.6 Å². The number of carbonyl (C=O) groups is 1. The summed E-state index contributed by atoms with van der Waals surface area (Å²) in [7, 11) is 1.52. The van der Waals surface area contributed by atoms with Crippen LogP contribution in [0.5, 0.6) is 5.75 Å². The van der Waals surface area contributed by atoms with Crippen molar-refractivity contribution in [1.82, 2.24) is 5.32 Å². The number of halogens is 2. The molecule has 0 fully saturated rings. The van der Waals surface area contributed by atoms with Gasteiger partial charge in [0, 0.05) is 28.4 Å². The van der Waals surface area contributed by atoms with Crippen LogP contribution in [0.25, 0.3) is 0 Å². The molecule has 0 aliphatic carbocycles. The van der Waals surface area contributed by atoms with Gasteiger partial charge in [-0.1, -0.05) is 17.7 Å². The van der Waals surface area contributed by atoms with E-state index in [1.165, 1.54) is 13.2 Å². The standard InChI is InChI=1S/C15H14ClFN2O2/c1-21-14-4-2-3-13(16)12(14)8-19-15(20)9-5-10(17)7-11(18)6-9/h2-7H,8,18H2,1H3,(H,19,20). The van der Waals surface area contributed by atoms with Crippen molar-refractivity contribution in [3.63, 3.8) is 0 Å². The Morgan fingerprint density at radius 2 is 2.14 bits per heavy atom. The first-order valence-corrected chi connectivity index (χ1v) is 6.54. The number of benzene rings is 2. The highest BCUT2D eigenvalue weighted by Crippen LogP contribution is 2.26. The van der Waals surface area contributed by atoms with Crippen molar-refractivity contribution in [3.8, 4) is 5.75 Å². The van der Waals surface area contributed by atoms with Gasteiger partial charge in [-0.2, -0.15) is 0 Å². The Morgan fingerprint density at radius 1 is 1.38 bits per heavy atom. The first kappa shape index (κ1) is 15.1. The predicted octanol–water partition coefficient (Wildman–Crippen LogP) is 3.00. The second-order valence-electron chi connectivity index (χ2n) is 4.38. The third kappa shape index (κ3) is 3.64. The summed E-state index contributed by atoms with van der Waals surface area (Å²) in [6, 6.07) is 8.87. The number of hydrogen-bond donors (Lipinski definition) is 2. The smallest absolute Gasteiger partial charge is 0.251 e. The summed E-state index contributed by atoms with van der Waals surface area (Å²) < 4.78 is 18.4. The summed E-state index contributed by atoms with van der Waals surface area (Å²) in [5.74, 6) is -0.430. The van der Waals surface area contributed by atoms with E-state index in [4.69, 9.17) is 22.1 Å². The largest absolute Gasteiger partial charge is 0.496 e. The predicted molar refractivity (Wildman–Crippen MR) is 80.0 cm³/mol. The molecule has 1 amide bonds. The van der Waals surface area contributed by atoms with Crippen molar-refractivity contribution >= 4 is 23.2 Å². The fourth-order valence-electron chi connectivity index (χ4n) is 1.92. The molecule has 3 N–H and O–H groups in total. The number of nitrogens with one attached hydrogen (secondary N) is 1. The van der Waals surface area contributed by atoms with Gasteiger partial charge in [-0.25, -0.2) is 4.39 Å². The number of carbonyl (C=O) groups excluding carboxylic acids is 1. The van der Waals surface area contributed by atoms with Gasteiger partial charge in [-0.15, -0.1) is 0 Å². The Balaban J connectivity index is 2.15. The van der Waals surface area contributed by atoms with E-state index < -0.39 is 11.7 Å². The molecule has 0 spiro atoms. The van der Waals surface area contributed by atoms with Crippen LogP contribution < -0.4 is 15.8 Å². The Bertz CT molecular complexity index is 656. The van der Waals surface area contributed by atoms with Crippen molar-refractivity contribution in [3.05, 3.63) is 58.4 Å². The summed E-state index contributed by atoms with van der Waals surface area (Å²) >= 11 is 6.08. The van der Waals surface area contributed by atoms with E-state index in [9.17, 15) is 9.18 Å². The molecule has 21 heavy (non-hydrogen) atoms. The minimum absolute atomic E-state index is 0.151. The van der Waals surface area contributed by atoms with Gasteiger partial charge < -0.3 is 15.8 Å². The maximum Gasteiger partial charge on any atom is 0.251 e. The van der Waals surface area contributed by atoms with Crippen LogP contribution in [0.4, 0.5) is 10.1 Å². The number of amides is 1. The van der Waals surface area contributed by atoms with E-state index in [1.807, 2.05) is 0 Å². The molecular weight excluding hydrogens is 295 g/mol. The van der Waals surface area contributed by atoms with Crippen molar-refractivity contribution in [2.24, 2.45) is 0 Å². The van der Waals surface area contributed by atoms with E-state index in [0.717, 1.165) is 12.1 Å². The SMILES string of the molecule is COc1cccc(Cl)c1CNC(=O)c1cc(N)cc(F)c1. The lowest BCUT2D eigenvalue weighted by Crippen LogP contribution is -2.23. The fourth-order valence-corrected chi connectivity index (χ4v) is 2.15. The maximum atomic E-state index is 13.2. The molecule has 0 bridgehead atoms. The zero-order valence-corrected chi connectivity index (χ0v) is 12.1. The third-order valence-electron chi connectivity index (χ3n) is 2.90. The van der Waals surface area contributed by atoms with Gasteiger partial charge in [0.2, 0.25) is 0 Å². The summed E-state index contributed by atoms with van der Waals surface area (Å²) in [6.45, 7) is 0.165. The van der Waals surface area contributed by atoms with Crippen LogP contribution in [0.3, 0.4) is 0 Å². The highest BCUT2D eigenvalue weighted by molar-refractivity contribution is 6.31. The van der Waals surface area contributed by atoms with Crippen LogP contribution in [0.1, 0.15) is 15.9 Å². The molecule has 4 nitrogen and oxygen atoms in total. The van der Waals surface area contributed by atoms with E-state index >= 15 is 0 Å². The van der Waals surface area contributed by atoms with Crippen LogP contribution in [0, 0.1) is 5.82 Å². The highest BCUT2D eigenvalue weighted by Gasteiger charge is 2.11. The van der Waals surface area contributed by atoms with Gasteiger partial charge >= 0.3 is 0 Å². The molecule has 6 heteroatoms. The Kier molecular flexibility index (Phi) is 4.65. The monoisotopic (exact) mass is 308 g/mol. The zero-order chi connectivity index (χ0) is 15.4. The average Bonchev–Trinajstić information content (AvgIpc) is 2.44. The lowest BCUT2D eigenvalue weighted by Gasteiger charge is -2.11. The van der Waals surface area contributed by atoms with E-state index in [1.54, 1.807) is 18.2 Å². The van der Waals surface area contributed by atoms with Crippen LogP contribution in [0.15, 0.2) is 36.4 Å². The van der Waals surface area contributed by atoms with E-state index in [-0.39, 0.29) is 17.8 Å². The molecule has 0 atom stereocenters. The quantitative estimate of drug-likeness (QED) is 0.853. The summed E-state index contributed by atoms with van der Waals surface area (Å²) in [6.07, 6.45) is 0. The van der Waals surface area contributed by atoms with Gasteiger partial charge in [0.1, 0.15) is 11.6 Å². The molecule has 0 aliphatic heterocycles. The summed E-state index contributed by atoms with van der Waals surface area (Å²) in [5, 5.41) is 3.14. The number of rotatable bonds is 4. The summed E-state index contributed by atoms with van der Waals surface area (Å²) in [4.78, 5) is 12.0. The highest BCUT2D eigenvalue weighted by atomic mass is 35.5. The first-order valence-electron chi connectivity index (χ1n) is 6.17. The van der Waals surface area contributed by atoms with Crippen LogP contribution in [-0.4, -0.2) is 13.0 Å². The van der Waals surface area contributed by atoms with Crippen molar-refractivity contribution in [2.45, 2.75) is 6.54 Å². The molecule has 0 heterocycles. The molecule has 0 radical (unpaired) electrons. The lowest BCUT2D eigenvalue weighted by atomic mass is 10.1. The van der Waals surface area contributed by atoms with Gasteiger partial charge in [-0.05, 0) is 30.3 Å². The van der Waals surface area contributed by atoms with Gasteiger partial charge in [0.15, 0.2) is 0 Å². The molecule has 0 saturated carbocycles. The number of nitrogen functional groups attached to an aromatic ring is 1. The van der Waals surface area contributed by atoms with Crippen LogP contribution in [0.2, 0.25) is 5.02 Å². The Morgan fingerprint density at radius 3 is 2.81 bits per heavy atom. The molecule has 0 unspecified atom stereocenters. The maximum absolute atomic E-state index is 13.2. The van der Waals surface area contributed by atoms with E-state index in [0.29, 0.717) is 16.3 Å². The fraction of sp³-hybridized carbons (Fsp3) is 0.133. The zero-order valence-electron chi connectivity index (χ0n) is 11.3. The number of hydrogen-bond acceptors (Lipinski definition) is 3. The third-order valence-corrected chi connectivity index (χ3v) is 3.26. The molecule has 2 rings (SSSR count). The topological polar surface area (TPSA) is 64.3 Å². The van der Waals surface area contributed by atoms with Gasteiger partial charge in [0.25, 0.3) is 5.91 Å². The molecule has 2 aromatic rings. The van der Waals surface area contributed by atoms with Crippen molar-refractivity contribution in [2.75, 3.05) is 12.8 Å². The second kappa shape index (κ2) is 6.45. The first-order chi connectivity index (χ1) is 10.0. The molecule has 0 saturated heterocycles. The minimum atomic E-state index is -0.560. The van der Waals surface area contributed by atoms with Crippen molar-refractivity contribution < 1.29 is 13.9 Å². The number of methoxy groups -OCH3 is 1. The molecular formula is C15H14ClFN2O2.